The Morgan fingerprint density at radius 3 is 2.40 bits per heavy atom. The Morgan fingerprint density at radius 2 is 1.60 bits per heavy atom. The molecule has 1 aliphatic carbocycles. The zero-order chi connectivity index (χ0) is 11.4. The number of benzene rings is 2. The van der Waals surface area contributed by atoms with Gasteiger partial charge < -0.3 is 37.2 Å². The summed E-state index contributed by atoms with van der Waals surface area (Å²) in [4.78, 5) is 3.56. The molecule has 1 N–H and O–H groups in total. The van der Waals surface area contributed by atoms with Crippen molar-refractivity contribution in [2.45, 2.75) is 6.42 Å². The number of hydrogen-bond acceptors (Lipinski definition) is 0. The van der Waals surface area contributed by atoms with E-state index < -0.39 is 0 Å². The third-order valence-corrected chi connectivity index (χ3v) is 4.34. The molecule has 1 aromatic heterocycles. The summed E-state index contributed by atoms with van der Waals surface area (Å²) >= 11 is 2.20. The molecule has 0 unspecified atom stereocenters. The number of aromatic nitrogens is 1. The van der Waals surface area contributed by atoms with Crippen molar-refractivity contribution in [3.8, 4) is 11.3 Å². The van der Waals surface area contributed by atoms with Crippen molar-refractivity contribution >= 4 is 14.8 Å². The van der Waals surface area contributed by atoms with Gasteiger partial charge in [0, 0.05) is 0 Å². The molecule has 0 saturated heterocycles. The molecule has 3 aromatic rings. The fraction of sp³-hybridized carbons (Fsp3) is 0.0667. The van der Waals surface area contributed by atoms with Crippen LogP contribution in [-0.4, -0.2) is 4.98 Å². The summed E-state index contributed by atoms with van der Waals surface area (Å²) in [5.74, 6) is 0. The van der Waals surface area contributed by atoms with Crippen molar-refractivity contribution in [3.05, 3.63) is 53.6 Å². The molecule has 0 atom stereocenters. The van der Waals surface area contributed by atoms with Gasteiger partial charge in [-0.1, -0.05) is 0 Å². The summed E-state index contributed by atoms with van der Waals surface area (Å²) in [7, 11) is 0. The summed E-state index contributed by atoms with van der Waals surface area (Å²) in [6.45, 7) is 0. The van der Waals surface area contributed by atoms with E-state index in [2.05, 4.69) is 67.9 Å². The Balaban J connectivity index is 0.000000667. The van der Waals surface area contributed by atoms with Gasteiger partial charge in [-0.15, -0.1) is 0 Å². The average Bonchev–Trinajstić information content (AvgIpc) is 2.87. The van der Waals surface area contributed by atoms with Gasteiger partial charge in [-0.3, -0.25) is 0 Å². The van der Waals surface area contributed by atoms with Crippen LogP contribution in [-0.2, 0) is 26.9 Å². The number of H-pyrrole nitrogens is 1. The molecule has 0 spiro atoms. The van der Waals surface area contributed by atoms with Crippen LogP contribution in [0.25, 0.3) is 22.2 Å². The minimum atomic E-state index is 0. The van der Waals surface area contributed by atoms with Crippen molar-refractivity contribution in [1.29, 1.82) is 0 Å². The van der Waals surface area contributed by atoms with E-state index in [-0.39, 0.29) is 37.2 Å². The van der Waals surface area contributed by atoms with Crippen LogP contribution in [0.5, 0.6) is 0 Å². The van der Waals surface area contributed by atoms with Crippen molar-refractivity contribution in [3.63, 3.8) is 0 Å². The van der Waals surface area contributed by atoms with Gasteiger partial charge in [-0.25, -0.2) is 0 Å². The second-order valence-corrected chi connectivity index (χ2v) is 5.37. The van der Waals surface area contributed by atoms with Gasteiger partial charge >= 0.3 is 111 Å². The molecular weight excluding hydrogens is 348 g/mol. The van der Waals surface area contributed by atoms with Gasteiger partial charge in [0.25, 0.3) is 0 Å². The number of para-hydroxylation sites is 1. The molecule has 1 nitrogen and oxygen atoms in total. The zero-order valence-electron chi connectivity index (χ0n) is 10.4. The van der Waals surface area contributed by atoms with E-state index in [0.29, 0.717) is 0 Å². The van der Waals surface area contributed by atoms with Crippen molar-refractivity contribution < 1.29 is 57.7 Å². The van der Waals surface area contributed by atoms with Crippen molar-refractivity contribution in [1.82, 2.24) is 4.98 Å². The molecule has 4 rings (SSSR count). The fourth-order valence-corrected chi connectivity index (χ4v) is 3.30. The Hall–Kier alpha value is -0.436. The average molecular weight is 358 g/mol. The minimum absolute atomic E-state index is 0. The molecule has 0 aliphatic heterocycles. The van der Waals surface area contributed by atoms with Crippen LogP contribution in [0.2, 0.25) is 0 Å². The number of aromatic amines is 1. The standard InChI is InChI=1S/C15H10N.3ClH.Ti/c1-2-6-11-10(5-1)9-13-12-7-3-4-8-14(12)16-15(11)13;;;;/h1-4,6-8,16H,9H2;3*1H;/q;;;;+3/p-3. The van der Waals surface area contributed by atoms with Crippen molar-refractivity contribution in [2.24, 2.45) is 0 Å². The molecule has 20 heavy (non-hydrogen) atoms. The molecule has 0 saturated carbocycles. The normalized spacial score (nSPS) is 10.9. The van der Waals surface area contributed by atoms with E-state index >= 15 is 0 Å². The van der Waals surface area contributed by atoms with Crippen LogP contribution in [0.15, 0.2) is 42.5 Å². The van der Waals surface area contributed by atoms with Crippen LogP contribution >= 0.6 is 0 Å². The zero-order valence-corrected chi connectivity index (χ0v) is 14.2. The summed E-state index contributed by atoms with van der Waals surface area (Å²) in [5, 5.41) is 1.37. The maximum atomic E-state index is 3.56. The van der Waals surface area contributed by atoms with Crippen LogP contribution in [0.4, 0.5) is 0 Å². The second-order valence-electron chi connectivity index (χ2n) is 4.53. The number of halogens is 3. The predicted octanol–water partition coefficient (Wildman–Crippen LogP) is -6.08. The molecule has 0 bridgehead atoms. The Morgan fingerprint density at radius 1 is 0.850 bits per heavy atom. The Bertz CT molecular complexity index is 752. The second kappa shape index (κ2) is 6.55. The first-order valence-electron chi connectivity index (χ1n) is 5.78. The van der Waals surface area contributed by atoms with Crippen LogP contribution < -0.4 is 41.1 Å². The molecule has 0 amide bonds. The number of hydrogen-bond donors (Lipinski definition) is 1. The summed E-state index contributed by atoms with van der Waals surface area (Å²) in [6, 6.07) is 15.2. The van der Waals surface area contributed by atoms with Gasteiger partial charge in [0.2, 0.25) is 0 Å². The Kier molecular flexibility index (Phi) is 5.77. The summed E-state index contributed by atoms with van der Waals surface area (Å²) in [5.41, 5.74) is 6.91. The van der Waals surface area contributed by atoms with Crippen LogP contribution in [0.1, 0.15) is 11.1 Å². The van der Waals surface area contributed by atoms with E-state index in [1.165, 1.54) is 37.2 Å². The molecule has 0 radical (unpaired) electrons. The number of fused-ring (bicyclic) bond motifs is 5. The quantitative estimate of drug-likeness (QED) is 0.301. The number of nitrogens with one attached hydrogen (secondary N) is 1. The van der Waals surface area contributed by atoms with Gasteiger partial charge in [0.05, 0.1) is 0 Å². The van der Waals surface area contributed by atoms with Gasteiger partial charge in [0.1, 0.15) is 0 Å². The summed E-state index contributed by atoms with van der Waals surface area (Å²) in [6.07, 6.45) is 1.07. The monoisotopic (exact) mass is 357 g/mol. The molecule has 1 aliphatic rings. The number of rotatable bonds is 0. The molecule has 0 fully saturated rings. The maximum absolute atomic E-state index is 3.56. The Labute approximate surface area is 148 Å². The third kappa shape index (κ3) is 2.43. The summed E-state index contributed by atoms with van der Waals surface area (Å²) < 4.78 is 1.40. The molecule has 5 heteroatoms. The van der Waals surface area contributed by atoms with Gasteiger partial charge in [-0.2, -0.15) is 0 Å². The van der Waals surface area contributed by atoms with E-state index in [1.54, 1.807) is 0 Å². The SMILES string of the molecule is [Cl-].[Cl-].[Cl-].[Ti+3][c]1cccc2c1Cc1c-2[nH]c2ccccc12. The first-order chi connectivity index (χ1) is 8.34. The van der Waals surface area contributed by atoms with Crippen molar-refractivity contribution in [2.75, 3.05) is 0 Å². The third-order valence-electron chi connectivity index (χ3n) is 3.61. The first kappa shape index (κ1) is 17.6. The topological polar surface area (TPSA) is 15.8 Å². The van der Waals surface area contributed by atoms with E-state index in [9.17, 15) is 0 Å². The van der Waals surface area contributed by atoms with Gasteiger partial charge in [0.15, 0.2) is 0 Å². The van der Waals surface area contributed by atoms with Gasteiger partial charge in [-0.05, 0) is 0 Å². The van der Waals surface area contributed by atoms with E-state index in [0.717, 1.165) is 6.42 Å². The van der Waals surface area contributed by atoms with E-state index in [1.807, 2.05) is 0 Å². The van der Waals surface area contributed by atoms with Crippen LogP contribution in [0.3, 0.4) is 0 Å². The molecular formula is C15H10Cl3NTi. The van der Waals surface area contributed by atoms with E-state index in [4.69, 9.17) is 0 Å². The first-order valence-corrected chi connectivity index (χ1v) is 6.56. The molecule has 1 heterocycles. The fourth-order valence-electron chi connectivity index (χ4n) is 2.80. The van der Waals surface area contributed by atoms with Crippen LogP contribution in [0, 0.1) is 0 Å². The molecule has 100 valence electrons. The predicted molar refractivity (Wildman–Crippen MR) is 66.2 cm³/mol. The molecule has 2 aromatic carbocycles.